The van der Waals surface area contributed by atoms with Gasteiger partial charge in [0.05, 0.1) is 4.90 Å². The number of unbranched alkanes of at least 4 members (excludes halogenated alkanes) is 8. The summed E-state index contributed by atoms with van der Waals surface area (Å²) in [5.74, 6) is 0. The maximum Gasteiger partial charge on any atom is 1.00 e. The van der Waals surface area contributed by atoms with E-state index in [9.17, 15) is 13.0 Å². The van der Waals surface area contributed by atoms with Gasteiger partial charge in [0.2, 0.25) is 0 Å². The van der Waals surface area contributed by atoms with Crippen LogP contribution in [0.5, 0.6) is 0 Å². The maximum absolute atomic E-state index is 11.4. The summed E-state index contributed by atoms with van der Waals surface area (Å²) in [6.07, 6.45) is 12.5. The number of aryl methyl sites for hydroxylation is 1. The predicted molar refractivity (Wildman–Crippen MR) is 103 cm³/mol. The Bertz CT molecular complexity index is 772. The minimum absolute atomic E-state index is 0. The average molecular weight is 401 g/mol. The summed E-state index contributed by atoms with van der Waals surface area (Å²) < 4.78 is 34.3. The monoisotopic (exact) mass is 400 g/mol. The molecule has 0 saturated carbocycles. The summed E-state index contributed by atoms with van der Waals surface area (Å²) in [6.45, 7) is 2.24. The molecule has 2 rings (SSSR count). The average Bonchev–Trinajstić information content (AvgIpc) is 2.59. The van der Waals surface area contributed by atoms with Crippen LogP contribution in [0.25, 0.3) is 10.8 Å². The molecule has 0 amide bonds. The van der Waals surface area contributed by atoms with E-state index in [1.54, 1.807) is 18.2 Å². The summed E-state index contributed by atoms with van der Waals surface area (Å²) in [4.78, 5) is -0.112. The Balaban J connectivity index is 0.00000338. The molecule has 0 saturated heterocycles. The Morgan fingerprint density at radius 3 is 1.88 bits per heavy atom. The van der Waals surface area contributed by atoms with Gasteiger partial charge in [0.15, 0.2) is 0 Å². The van der Waals surface area contributed by atoms with Gasteiger partial charge in [-0.3, -0.25) is 0 Å². The van der Waals surface area contributed by atoms with Gasteiger partial charge >= 0.3 is 51.4 Å². The first-order valence-electron chi connectivity index (χ1n) is 9.50. The van der Waals surface area contributed by atoms with Crippen LogP contribution in [0.15, 0.2) is 41.3 Å². The van der Waals surface area contributed by atoms with E-state index >= 15 is 0 Å². The molecule has 0 aromatic heterocycles. The van der Waals surface area contributed by atoms with Gasteiger partial charge in [0.25, 0.3) is 0 Å². The van der Waals surface area contributed by atoms with Gasteiger partial charge in [-0.15, -0.1) is 0 Å². The Morgan fingerprint density at radius 2 is 1.31 bits per heavy atom. The van der Waals surface area contributed by atoms with E-state index in [-0.39, 0.29) is 56.3 Å². The zero-order valence-corrected chi connectivity index (χ0v) is 20.1. The zero-order valence-electron chi connectivity index (χ0n) is 16.2. The number of benzene rings is 2. The molecule has 5 heteroatoms. The predicted octanol–water partition coefficient (Wildman–Crippen LogP) is 2.82. The first-order chi connectivity index (χ1) is 12.0. The summed E-state index contributed by atoms with van der Waals surface area (Å²) in [6, 6.07) is 10.6. The SMILES string of the molecule is CCCCCCCCCCCc1ccc(S(=O)(=O)[O-])c2ccccc12.[K+]. The smallest absolute Gasteiger partial charge is 0.744 e. The Morgan fingerprint density at radius 1 is 0.769 bits per heavy atom. The van der Waals surface area contributed by atoms with Crippen molar-refractivity contribution in [1.82, 2.24) is 0 Å². The fourth-order valence-electron chi connectivity index (χ4n) is 3.40. The van der Waals surface area contributed by atoms with Crippen molar-refractivity contribution in [3.63, 3.8) is 0 Å². The van der Waals surface area contributed by atoms with E-state index in [1.165, 1.54) is 57.4 Å². The third-order valence-corrected chi connectivity index (χ3v) is 5.69. The van der Waals surface area contributed by atoms with Gasteiger partial charge in [-0.1, -0.05) is 88.6 Å². The van der Waals surface area contributed by atoms with E-state index in [4.69, 9.17) is 0 Å². The Kier molecular flexibility index (Phi) is 11.8. The molecule has 0 atom stereocenters. The van der Waals surface area contributed by atoms with Gasteiger partial charge in [-0.05, 0) is 35.2 Å². The molecule has 0 radical (unpaired) electrons. The number of fused-ring (bicyclic) bond motifs is 1. The standard InChI is InChI=1S/C21H30O3S.K/c1-2-3-4-5-6-7-8-9-10-13-18-16-17-21(25(22,23)24)20-15-12-11-14-19(18)20;/h11-12,14-17H,2-10,13H2,1H3,(H,22,23,24);/q;+1/p-1. The Labute approximate surface area is 201 Å². The van der Waals surface area contributed by atoms with Crippen molar-refractivity contribution in [1.29, 1.82) is 0 Å². The van der Waals surface area contributed by atoms with Crippen LogP contribution in [-0.2, 0) is 16.5 Å². The topological polar surface area (TPSA) is 57.2 Å². The van der Waals surface area contributed by atoms with Crippen LogP contribution >= 0.6 is 0 Å². The van der Waals surface area contributed by atoms with E-state index < -0.39 is 10.1 Å². The molecule has 3 nitrogen and oxygen atoms in total. The summed E-state index contributed by atoms with van der Waals surface area (Å²) >= 11 is 0. The molecule has 0 spiro atoms. The summed E-state index contributed by atoms with van der Waals surface area (Å²) in [7, 11) is -4.44. The quantitative estimate of drug-likeness (QED) is 0.331. The van der Waals surface area contributed by atoms with Gasteiger partial charge in [0.1, 0.15) is 10.1 Å². The van der Waals surface area contributed by atoms with Crippen LogP contribution in [-0.4, -0.2) is 13.0 Å². The molecule has 0 heterocycles. The van der Waals surface area contributed by atoms with E-state index in [0.29, 0.717) is 5.39 Å². The molecular formula is C21H29KO3S. The number of hydrogen-bond acceptors (Lipinski definition) is 3. The maximum atomic E-state index is 11.4. The molecule has 26 heavy (non-hydrogen) atoms. The molecule has 2 aromatic carbocycles. The number of hydrogen-bond donors (Lipinski definition) is 0. The summed E-state index contributed by atoms with van der Waals surface area (Å²) in [5, 5.41) is 1.44. The largest absolute Gasteiger partial charge is 1.00 e. The van der Waals surface area contributed by atoms with Crippen molar-refractivity contribution in [2.24, 2.45) is 0 Å². The van der Waals surface area contributed by atoms with Crippen LogP contribution in [0.2, 0.25) is 0 Å². The molecule has 138 valence electrons. The number of rotatable bonds is 11. The van der Waals surface area contributed by atoms with E-state index in [2.05, 4.69) is 6.92 Å². The molecule has 0 fully saturated rings. The first kappa shape index (κ1) is 24.3. The van der Waals surface area contributed by atoms with Gasteiger partial charge < -0.3 is 4.55 Å². The van der Waals surface area contributed by atoms with Crippen LogP contribution < -0.4 is 51.4 Å². The minimum Gasteiger partial charge on any atom is -0.744 e. The zero-order chi connectivity index (χ0) is 18.1. The Hall–Kier alpha value is 0.246. The van der Waals surface area contributed by atoms with Gasteiger partial charge in [-0.2, -0.15) is 0 Å². The minimum atomic E-state index is -4.44. The molecule has 0 N–H and O–H groups in total. The van der Waals surface area contributed by atoms with Crippen molar-refractivity contribution in [2.45, 2.75) is 76.0 Å². The molecule has 0 aliphatic rings. The fourth-order valence-corrected chi connectivity index (χ4v) is 4.08. The van der Waals surface area contributed by atoms with Crippen LogP contribution in [0.3, 0.4) is 0 Å². The molecule has 2 aromatic rings. The van der Waals surface area contributed by atoms with Crippen LogP contribution in [0.4, 0.5) is 0 Å². The molecule has 0 bridgehead atoms. The van der Waals surface area contributed by atoms with Crippen molar-refractivity contribution < 1.29 is 64.4 Å². The van der Waals surface area contributed by atoms with Gasteiger partial charge in [-0.25, -0.2) is 8.42 Å². The molecule has 0 aliphatic heterocycles. The molecular weight excluding hydrogens is 371 g/mol. The normalized spacial score (nSPS) is 11.5. The molecule has 0 unspecified atom stereocenters. The summed E-state index contributed by atoms with van der Waals surface area (Å²) in [5.41, 5.74) is 1.13. The second-order valence-electron chi connectivity index (χ2n) is 6.80. The molecule has 0 aliphatic carbocycles. The fraction of sp³-hybridized carbons (Fsp3) is 0.524. The second kappa shape index (κ2) is 12.7. The van der Waals surface area contributed by atoms with Crippen molar-refractivity contribution >= 4 is 20.9 Å². The van der Waals surface area contributed by atoms with Gasteiger partial charge in [0, 0.05) is 0 Å². The van der Waals surface area contributed by atoms with Crippen LogP contribution in [0, 0.1) is 0 Å². The van der Waals surface area contributed by atoms with Crippen molar-refractivity contribution in [3.8, 4) is 0 Å². The third kappa shape index (κ3) is 7.70. The van der Waals surface area contributed by atoms with E-state index in [0.717, 1.165) is 23.8 Å². The third-order valence-electron chi connectivity index (χ3n) is 4.79. The van der Waals surface area contributed by atoms with Crippen molar-refractivity contribution in [3.05, 3.63) is 42.0 Å². The van der Waals surface area contributed by atoms with E-state index in [1.807, 2.05) is 12.1 Å². The second-order valence-corrected chi connectivity index (χ2v) is 8.15. The first-order valence-corrected chi connectivity index (χ1v) is 10.9. The van der Waals surface area contributed by atoms with Crippen molar-refractivity contribution in [2.75, 3.05) is 0 Å². The van der Waals surface area contributed by atoms with Crippen LogP contribution in [0.1, 0.15) is 70.3 Å².